The van der Waals surface area contributed by atoms with E-state index in [0.717, 1.165) is 25.7 Å². The Labute approximate surface area is 151 Å². The summed E-state index contributed by atoms with van der Waals surface area (Å²) in [7, 11) is 0. The lowest BCUT2D eigenvalue weighted by atomic mass is 9.81. The topological polar surface area (TPSA) is 63.7 Å². The monoisotopic (exact) mass is 349 g/mol. The van der Waals surface area contributed by atoms with E-state index in [1.807, 2.05) is 6.07 Å². The maximum absolute atomic E-state index is 12.7. The van der Waals surface area contributed by atoms with Crippen molar-refractivity contribution in [3.8, 4) is 5.75 Å². The largest absolute Gasteiger partial charge is 0.423 e. The molecule has 5 nitrogen and oxygen atoms in total. The van der Waals surface area contributed by atoms with E-state index < -0.39 is 5.97 Å². The molecular weight excluding hydrogens is 330 g/mol. The van der Waals surface area contributed by atoms with Crippen molar-refractivity contribution in [2.24, 2.45) is 11.8 Å². The van der Waals surface area contributed by atoms with Crippen LogP contribution in [-0.2, 0) is 9.59 Å². The van der Waals surface area contributed by atoms with Crippen LogP contribution >= 0.6 is 0 Å². The summed E-state index contributed by atoms with van der Waals surface area (Å²) in [5.41, 5.74) is 0.907. The Morgan fingerprint density at radius 3 is 2.19 bits per heavy atom. The standard InChI is InChI=1S/C21H19NO4/c23-19-17-11-4-5-12-18(17)20(24)22(19)15-9-6-10-16(13-15)26-21(25)14-7-2-1-3-8-14/h1-3,6-10,13,17-18H,4-5,11-12H2/t17-,18-/m0/s1. The normalized spacial score (nSPS) is 22.2. The fourth-order valence-corrected chi connectivity index (χ4v) is 3.84. The van der Waals surface area contributed by atoms with Gasteiger partial charge in [-0.2, -0.15) is 0 Å². The predicted molar refractivity (Wildman–Crippen MR) is 95.8 cm³/mol. The second kappa shape index (κ2) is 6.75. The van der Waals surface area contributed by atoms with Crippen molar-refractivity contribution in [3.05, 3.63) is 60.2 Å². The minimum Gasteiger partial charge on any atom is -0.423 e. The number of hydrogen-bond acceptors (Lipinski definition) is 4. The molecule has 0 unspecified atom stereocenters. The molecule has 2 aliphatic rings. The number of hydrogen-bond donors (Lipinski definition) is 0. The zero-order valence-corrected chi connectivity index (χ0v) is 14.3. The number of nitrogens with zero attached hydrogens (tertiary/aromatic N) is 1. The first-order valence-electron chi connectivity index (χ1n) is 8.90. The van der Waals surface area contributed by atoms with Gasteiger partial charge in [-0.1, -0.05) is 37.1 Å². The van der Waals surface area contributed by atoms with Crippen LogP contribution in [0.5, 0.6) is 5.75 Å². The molecule has 1 aliphatic carbocycles. The molecule has 1 heterocycles. The van der Waals surface area contributed by atoms with E-state index in [2.05, 4.69) is 0 Å². The summed E-state index contributed by atoms with van der Waals surface area (Å²) in [6.07, 6.45) is 3.52. The molecule has 0 aromatic heterocycles. The van der Waals surface area contributed by atoms with Crippen molar-refractivity contribution >= 4 is 23.5 Å². The van der Waals surface area contributed by atoms with Crippen molar-refractivity contribution in [1.82, 2.24) is 0 Å². The van der Waals surface area contributed by atoms with E-state index in [1.54, 1.807) is 48.5 Å². The molecule has 2 atom stereocenters. The van der Waals surface area contributed by atoms with Crippen LogP contribution in [0.15, 0.2) is 54.6 Å². The van der Waals surface area contributed by atoms with Gasteiger partial charge >= 0.3 is 5.97 Å². The zero-order valence-electron chi connectivity index (χ0n) is 14.3. The van der Waals surface area contributed by atoms with Gasteiger partial charge in [-0.3, -0.25) is 9.59 Å². The van der Waals surface area contributed by atoms with E-state index in [4.69, 9.17) is 4.74 Å². The highest BCUT2D eigenvalue weighted by Gasteiger charge is 2.48. The Hall–Kier alpha value is -2.95. The number of carbonyl (C=O) groups excluding carboxylic acids is 3. The average Bonchev–Trinajstić information content (AvgIpc) is 2.94. The molecular formula is C21H19NO4. The molecule has 4 rings (SSSR count). The van der Waals surface area contributed by atoms with Crippen molar-refractivity contribution in [1.29, 1.82) is 0 Å². The van der Waals surface area contributed by atoms with Gasteiger partial charge in [0.15, 0.2) is 0 Å². The van der Waals surface area contributed by atoms with Gasteiger partial charge in [-0.05, 0) is 37.1 Å². The number of esters is 1. The molecule has 0 spiro atoms. The lowest BCUT2D eigenvalue weighted by Crippen LogP contribution is -2.30. The predicted octanol–water partition coefficient (Wildman–Crippen LogP) is 3.59. The summed E-state index contributed by atoms with van der Waals surface area (Å²) in [6.45, 7) is 0. The van der Waals surface area contributed by atoms with Gasteiger partial charge in [0.1, 0.15) is 5.75 Å². The highest BCUT2D eigenvalue weighted by molar-refractivity contribution is 6.22. The molecule has 0 bridgehead atoms. The van der Waals surface area contributed by atoms with Gasteiger partial charge in [-0.25, -0.2) is 9.69 Å². The van der Waals surface area contributed by atoms with Crippen LogP contribution < -0.4 is 9.64 Å². The van der Waals surface area contributed by atoms with Crippen LogP contribution in [0, 0.1) is 11.8 Å². The second-order valence-electron chi connectivity index (χ2n) is 6.76. The maximum atomic E-state index is 12.7. The molecule has 2 fully saturated rings. The first-order valence-corrected chi connectivity index (χ1v) is 8.90. The lowest BCUT2D eigenvalue weighted by molar-refractivity contribution is -0.122. The van der Waals surface area contributed by atoms with Gasteiger partial charge in [0.05, 0.1) is 23.1 Å². The number of ether oxygens (including phenoxy) is 1. The third-order valence-corrected chi connectivity index (χ3v) is 5.14. The number of benzene rings is 2. The van der Waals surface area contributed by atoms with Crippen LogP contribution in [0.2, 0.25) is 0 Å². The van der Waals surface area contributed by atoms with Gasteiger partial charge in [0.25, 0.3) is 0 Å². The molecule has 132 valence electrons. The van der Waals surface area contributed by atoms with Gasteiger partial charge in [0.2, 0.25) is 11.8 Å². The van der Waals surface area contributed by atoms with Crippen LogP contribution in [0.1, 0.15) is 36.0 Å². The Kier molecular flexibility index (Phi) is 4.29. The molecule has 2 amide bonds. The zero-order chi connectivity index (χ0) is 18.1. The van der Waals surface area contributed by atoms with Gasteiger partial charge in [0, 0.05) is 6.07 Å². The Bertz CT molecular complexity index is 837. The van der Waals surface area contributed by atoms with E-state index >= 15 is 0 Å². The smallest absolute Gasteiger partial charge is 0.343 e. The molecule has 5 heteroatoms. The SMILES string of the molecule is O=C(Oc1cccc(N2C(=O)[C@H]3CCCC[C@@H]3C2=O)c1)c1ccccc1. The van der Waals surface area contributed by atoms with E-state index in [1.165, 1.54) is 4.90 Å². The summed E-state index contributed by atoms with van der Waals surface area (Å²) in [5, 5.41) is 0. The summed E-state index contributed by atoms with van der Waals surface area (Å²) in [5.74, 6) is -0.835. The highest BCUT2D eigenvalue weighted by Crippen LogP contribution is 2.40. The summed E-state index contributed by atoms with van der Waals surface area (Å²) in [6, 6.07) is 15.3. The summed E-state index contributed by atoms with van der Waals surface area (Å²) in [4.78, 5) is 38.9. The fourth-order valence-electron chi connectivity index (χ4n) is 3.84. The fraction of sp³-hybridized carbons (Fsp3) is 0.286. The highest BCUT2D eigenvalue weighted by atomic mass is 16.5. The van der Waals surface area contributed by atoms with Crippen molar-refractivity contribution in [2.45, 2.75) is 25.7 Å². The molecule has 1 saturated heterocycles. The number of carbonyl (C=O) groups is 3. The first-order chi connectivity index (χ1) is 12.6. The van der Waals surface area contributed by atoms with Gasteiger partial charge in [-0.15, -0.1) is 0 Å². The van der Waals surface area contributed by atoms with E-state index in [0.29, 0.717) is 17.0 Å². The van der Waals surface area contributed by atoms with E-state index in [-0.39, 0.29) is 23.7 Å². The Morgan fingerprint density at radius 2 is 1.54 bits per heavy atom. The number of fused-ring (bicyclic) bond motifs is 1. The molecule has 0 N–H and O–H groups in total. The third kappa shape index (κ3) is 2.90. The minimum absolute atomic E-state index is 0.133. The molecule has 1 saturated carbocycles. The Morgan fingerprint density at radius 1 is 0.885 bits per heavy atom. The van der Waals surface area contributed by atoms with Crippen LogP contribution in [0.25, 0.3) is 0 Å². The van der Waals surface area contributed by atoms with Crippen molar-refractivity contribution in [2.75, 3.05) is 4.90 Å². The van der Waals surface area contributed by atoms with Crippen LogP contribution in [0.4, 0.5) is 5.69 Å². The van der Waals surface area contributed by atoms with Crippen molar-refractivity contribution < 1.29 is 19.1 Å². The first kappa shape index (κ1) is 16.5. The van der Waals surface area contributed by atoms with Gasteiger partial charge < -0.3 is 4.74 Å². The summed E-state index contributed by atoms with van der Waals surface area (Å²) >= 11 is 0. The second-order valence-corrected chi connectivity index (χ2v) is 6.76. The Balaban J connectivity index is 1.57. The van der Waals surface area contributed by atoms with Crippen LogP contribution in [0.3, 0.4) is 0 Å². The van der Waals surface area contributed by atoms with Crippen LogP contribution in [-0.4, -0.2) is 17.8 Å². The molecule has 2 aromatic carbocycles. The number of rotatable bonds is 3. The quantitative estimate of drug-likeness (QED) is 0.483. The molecule has 2 aromatic rings. The minimum atomic E-state index is -0.476. The number of amides is 2. The third-order valence-electron chi connectivity index (χ3n) is 5.14. The molecule has 0 radical (unpaired) electrons. The number of anilines is 1. The molecule has 1 aliphatic heterocycles. The lowest BCUT2D eigenvalue weighted by Gasteiger charge is -2.19. The number of imide groups is 1. The molecule has 26 heavy (non-hydrogen) atoms. The summed E-state index contributed by atoms with van der Waals surface area (Å²) < 4.78 is 5.40. The average molecular weight is 349 g/mol. The van der Waals surface area contributed by atoms with Crippen molar-refractivity contribution in [3.63, 3.8) is 0 Å². The maximum Gasteiger partial charge on any atom is 0.343 e. The van der Waals surface area contributed by atoms with E-state index in [9.17, 15) is 14.4 Å².